The van der Waals surface area contributed by atoms with Crippen LogP contribution < -0.4 is 11.0 Å². The molecule has 1 saturated heterocycles. The predicted octanol–water partition coefficient (Wildman–Crippen LogP) is 7.23. The van der Waals surface area contributed by atoms with Crippen molar-refractivity contribution in [3.05, 3.63) is 46.8 Å². The molecule has 1 aromatic heterocycles. The third-order valence-corrected chi connectivity index (χ3v) is 7.18. The molecule has 1 N–H and O–H groups in total. The lowest BCUT2D eigenvalue weighted by Crippen LogP contribution is -2.36. The number of hydrogen-bond donors (Lipinski definition) is 1. The number of nitrogens with one attached hydrogen (secondary N) is 1. The monoisotopic (exact) mass is 577 g/mol. The molecule has 10 heteroatoms. The SMILES string of the molecule is CCCCC/C=C\C/C=C\CCCCCCCCOC(=O)Nc1nc(=O)n(C2OC(C)C(C)C2OC(C)=O)cc1F. The lowest BCUT2D eigenvalue weighted by Gasteiger charge is -2.22. The Morgan fingerprint density at radius 2 is 1.66 bits per heavy atom. The van der Waals surface area contributed by atoms with Crippen molar-refractivity contribution in [2.45, 2.75) is 123 Å². The first kappa shape index (κ1) is 34.2. The van der Waals surface area contributed by atoms with Crippen LogP contribution in [0.3, 0.4) is 0 Å². The van der Waals surface area contributed by atoms with Crippen molar-refractivity contribution in [3.63, 3.8) is 0 Å². The van der Waals surface area contributed by atoms with Gasteiger partial charge in [0.2, 0.25) is 0 Å². The maximum absolute atomic E-state index is 14.7. The van der Waals surface area contributed by atoms with Crippen molar-refractivity contribution in [1.82, 2.24) is 9.55 Å². The van der Waals surface area contributed by atoms with E-state index in [1.54, 1.807) is 6.92 Å². The van der Waals surface area contributed by atoms with Gasteiger partial charge in [-0.05, 0) is 45.4 Å². The molecular formula is C31H48FN3O6. The molecule has 0 aromatic carbocycles. The highest BCUT2D eigenvalue weighted by molar-refractivity contribution is 5.83. The summed E-state index contributed by atoms with van der Waals surface area (Å²) in [6, 6.07) is 0. The van der Waals surface area contributed by atoms with Crippen LogP contribution in [0.2, 0.25) is 0 Å². The third-order valence-electron chi connectivity index (χ3n) is 7.18. The second-order valence-corrected chi connectivity index (χ2v) is 10.6. The molecule has 230 valence electrons. The van der Waals surface area contributed by atoms with Crippen molar-refractivity contribution >= 4 is 17.9 Å². The number of allylic oxidation sites excluding steroid dienone is 4. The Bertz CT molecular complexity index is 1060. The van der Waals surface area contributed by atoms with E-state index in [1.165, 1.54) is 45.4 Å². The number of carbonyl (C=O) groups is 2. The average molecular weight is 578 g/mol. The Kier molecular flexibility index (Phi) is 16.0. The number of aromatic nitrogens is 2. The first-order valence-electron chi connectivity index (χ1n) is 15.1. The van der Waals surface area contributed by atoms with Gasteiger partial charge in [-0.3, -0.25) is 14.7 Å². The molecule has 4 atom stereocenters. The van der Waals surface area contributed by atoms with Gasteiger partial charge in [-0.1, -0.05) is 76.7 Å². The molecule has 41 heavy (non-hydrogen) atoms. The Balaban J connectivity index is 1.62. The van der Waals surface area contributed by atoms with E-state index < -0.39 is 41.7 Å². The van der Waals surface area contributed by atoms with Crippen molar-refractivity contribution < 1.29 is 28.2 Å². The summed E-state index contributed by atoms with van der Waals surface area (Å²) in [5.74, 6) is -2.22. The first-order chi connectivity index (χ1) is 19.7. The largest absolute Gasteiger partial charge is 0.457 e. The summed E-state index contributed by atoms with van der Waals surface area (Å²) in [4.78, 5) is 39.8. The van der Waals surface area contributed by atoms with Crippen LogP contribution in [0.5, 0.6) is 0 Å². The molecule has 1 amide bonds. The molecule has 4 unspecified atom stereocenters. The molecule has 2 rings (SSSR count). The van der Waals surface area contributed by atoms with E-state index in [9.17, 15) is 18.8 Å². The highest BCUT2D eigenvalue weighted by atomic mass is 19.1. The van der Waals surface area contributed by atoms with Crippen LogP contribution in [-0.2, 0) is 19.0 Å². The minimum absolute atomic E-state index is 0.189. The first-order valence-corrected chi connectivity index (χ1v) is 15.1. The van der Waals surface area contributed by atoms with Crippen LogP contribution in [0, 0.1) is 11.7 Å². The molecule has 0 radical (unpaired) electrons. The van der Waals surface area contributed by atoms with Crippen molar-refractivity contribution in [3.8, 4) is 0 Å². The van der Waals surface area contributed by atoms with Gasteiger partial charge in [0.25, 0.3) is 0 Å². The molecule has 0 spiro atoms. The summed E-state index contributed by atoms with van der Waals surface area (Å²) < 4.78 is 31.8. The number of ether oxygens (including phenoxy) is 3. The van der Waals surface area contributed by atoms with Crippen molar-refractivity contribution in [2.24, 2.45) is 5.92 Å². The van der Waals surface area contributed by atoms with Crippen molar-refractivity contribution in [2.75, 3.05) is 11.9 Å². The number of esters is 1. The minimum Gasteiger partial charge on any atom is -0.457 e. The van der Waals surface area contributed by atoms with E-state index in [-0.39, 0.29) is 18.6 Å². The van der Waals surface area contributed by atoms with Crippen LogP contribution in [0.25, 0.3) is 0 Å². The molecule has 0 aliphatic carbocycles. The second kappa shape index (κ2) is 19.2. The number of amides is 1. The molecule has 0 saturated carbocycles. The lowest BCUT2D eigenvalue weighted by molar-refractivity contribution is -0.153. The number of nitrogens with zero attached hydrogens (tertiary/aromatic N) is 2. The average Bonchev–Trinajstić information content (AvgIpc) is 3.20. The van der Waals surface area contributed by atoms with E-state index >= 15 is 0 Å². The zero-order valence-corrected chi connectivity index (χ0v) is 25.1. The van der Waals surface area contributed by atoms with Crippen LogP contribution >= 0.6 is 0 Å². The Labute approximate surface area is 243 Å². The van der Waals surface area contributed by atoms with Gasteiger partial charge < -0.3 is 14.2 Å². The number of rotatable bonds is 18. The van der Waals surface area contributed by atoms with E-state index in [2.05, 4.69) is 41.5 Å². The summed E-state index contributed by atoms with van der Waals surface area (Å²) >= 11 is 0. The Morgan fingerprint density at radius 3 is 2.32 bits per heavy atom. The van der Waals surface area contributed by atoms with E-state index in [1.807, 2.05) is 6.92 Å². The van der Waals surface area contributed by atoms with Crippen LogP contribution in [0.4, 0.5) is 15.0 Å². The smallest absolute Gasteiger partial charge is 0.412 e. The summed E-state index contributed by atoms with van der Waals surface area (Å²) in [5, 5.41) is 2.19. The predicted molar refractivity (Wildman–Crippen MR) is 157 cm³/mol. The molecule has 1 aliphatic rings. The van der Waals surface area contributed by atoms with Crippen LogP contribution in [-0.4, -0.2) is 40.4 Å². The minimum atomic E-state index is -1.02. The molecular weight excluding hydrogens is 529 g/mol. The van der Waals surface area contributed by atoms with Gasteiger partial charge in [0.1, 0.15) is 0 Å². The van der Waals surface area contributed by atoms with Crippen molar-refractivity contribution in [1.29, 1.82) is 0 Å². The fourth-order valence-corrected chi connectivity index (χ4v) is 4.63. The van der Waals surface area contributed by atoms with Gasteiger partial charge in [0, 0.05) is 12.8 Å². The maximum atomic E-state index is 14.7. The number of hydrogen-bond acceptors (Lipinski definition) is 7. The molecule has 2 heterocycles. The molecule has 1 aromatic rings. The molecule has 1 fully saturated rings. The summed E-state index contributed by atoms with van der Waals surface area (Å²) in [7, 11) is 0. The van der Waals surface area contributed by atoms with Gasteiger partial charge in [0.05, 0.1) is 18.9 Å². The van der Waals surface area contributed by atoms with E-state index in [0.29, 0.717) is 6.42 Å². The fraction of sp³-hybridized carbons (Fsp3) is 0.677. The second-order valence-electron chi connectivity index (χ2n) is 10.6. The fourth-order valence-electron chi connectivity index (χ4n) is 4.63. The highest BCUT2D eigenvalue weighted by Gasteiger charge is 2.43. The molecule has 9 nitrogen and oxygen atoms in total. The van der Waals surface area contributed by atoms with Gasteiger partial charge >= 0.3 is 17.8 Å². The molecule has 1 aliphatic heterocycles. The maximum Gasteiger partial charge on any atom is 0.412 e. The zero-order chi connectivity index (χ0) is 30.0. The summed E-state index contributed by atoms with van der Waals surface area (Å²) in [5.41, 5.74) is -0.852. The van der Waals surface area contributed by atoms with Crippen LogP contribution in [0.15, 0.2) is 35.3 Å². The van der Waals surface area contributed by atoms with E-state index in [4.69, 9.17) is 14.2 Å². The summed E-state index contributed by atoms with van der Waals surface area (Å²) in [6.07, 6.45) is 20.2. The van der Waals surface area contributed by atoms with Gasteiger partial charge in [0.15, 0.2) is 24.0 Å². The standard InChI is InChI=1S/C31H48FN3O6/c1-5-6-7-8-9-10-11-12-13-14-15-16-17-18-19-20-21-39-31(38)34-28-26(32)22-35(30(37)33-28)29-27(41-25(4)36)23(2)24(3)40-29/h9-10,12-13,22-24,27,29H,5-8,11,14-21H2,1-4H3,(H,33,34,37,38)/b10-9-,13-12-. The van der Waals surface area contributed by atoms with Gasteiger partial charge in [-0.15, -0.1) is 0 Å². The number of carbonyl (C=O) groups excluding carboxylic acids is 2. The number of anilines is 1. The third kappa shape index (κ3) is 12.6. The lowest BCUT2D eigenvalue weighted by atomic mass is 10.0. The quantitative estimate of drug-likeness (QED) is 0.111. The van der Waals surface area contributed by atoms with Gasteiger partial charge in [-0.2, -0.15) is 4.98 Å². The van der Waals surface area contributed by atoms with E-state index in [0.717, 1.165) is 42.9 Å². The highest BCUT2D eigenvalue weighted by Crippen LogP contribution is 2.35. The molecule has 0 bridgehead atoms. The van der Waals surface area contributed by atoms with Gasteiger partial charge in [-0.25, -0.2) is 14.0 Å². The number of halogens is 1. The topological polar surface area (TPSA) is 109 Å². The normalized spacial score (nSPS) is 20.6. The Hall–Kier alpha value is -3.01. The zero-order valence-electron chi connectivity index (χ0n) is 25.1. The summed E-state index contributed by atoms with van der Waals surface area (Å²) in [6.45, 7) is 7.25. The Morgan fingerprint density at radius 1 is 1.02 bits per heavy atom. The number of unbranched alkanes of at least 4 members (excludes halogenated alkanes) is 9. The van der Waals surface area contributed by atoms with Crippen LogP contribution in [0.1, 0.15) is 111 Å².